The number of carbonyl (C=O) groups is 1. The molecule has 0 aromatic heterocycles. The molecule has 0 bridgehead atoms. The Kier molecular flexibility index (Phi) is 4.18. The van der Waals surface area contributed by atoms with Crippen LogP contribution in [-0.4, -0.2) is 18.2 Å². The molecule has 0 amide bonds. The molecule has 98 valence electrons. The maximum Gasteiger partial charge on any atom is 0.337 e. The molecule has 0 aliphatic carbocycles. The second-order valence-corrected chi connectivity index (χ2v) is 4.35. The van der Waals surface area contributed by atoms with Crippen molar-refractivity contribution in [3.8, 4) is 5.75 Å². The van der Waals surface area contributed by atoms with Gasteiger partial charge in [-0.1, -0.05) is 24.3 Å². The molecule has 2 aromatic carbocycles. The smallest absolute Gasteiger partial charge is 0.337 e. The van der Waals surface area contributed by atoms with Gasteiger partial charge in [-0.25, -0.2) is 4.79 Å². The average molecular weight is 256 g/mol. The first-order valence-corrected chi connectivity index (χ1v) is 6.14. The SMILES string of the molecule is COC(=O)c1ccc(CCc2ccc(O)cc2)cc1. The molecule has 3 nitrogen and oxygen atoms in total. The molecule has 2 rings (SSSR count). The fourth-order valence-corrected chi connectivity index (χ4v) is 1.88. The van der Waals surface area contributed by atoms with Crippen molar-refractivity contribution in [1.29, 1.82) is 0 Å². The summed E-state index contributed by atoms with van der Waals surface area (Å²) in [5.41, 5.74) is 2.91. The predicted octanol–water partition coefficient (Wildman–Crippen LogP) is 2.96. The van der Waals surface area contributed by atoms with E-state index in [0.717, 1.165) is 12.8 Å². The molecule has 2 aromatic rings. The number of phenolic OH excluding ortho intramolecular Hbond substituents is 1. The normalized spacial score (nSPS) is 10.2. The lowest BCUT2D eigenvalue weighted by Crippen LogP contribution is -2.01. The van der Waals surface area contributed by atoms with Gasteiger partial charge in [0.2, 0.25) is 0 Å². The molecule has 0 radical (unpaired) electrons. The monoisotopic (exact) mass is 256 g/mol. The third-order valence-electron chi connectivity index (χ3n) is 3.01. The van der Waals surface area contributed by atoms with Gasteiger partial charge in [-0.15, -0.1) is 0 Å². The summed E-state index contributed by atoms with van der Waals surface area (Å²) in [7, 11) is 1.38. The van der Waals surface area contributed by atoms with E-state index in [0.29, 0.717) is 5.56 Å². The van der Waals surface area contributed by atoms with E-state index >= 15 is 0 Å². The van der Waals surface area contributed by atoms with Gasteiger partial charge in [0, 0.05) is 0 Å². The van der Waals surface area contributed by atoms with Gasteiger partial charge in [0.05, 0.1) is 12.7 Å². The topological polar surface area (TPSA) is 46.5 Å². The Bertz CT molecular complexity index is 541. The second kappa shape index (κ2) is 6.05. The number of aromatic hydroxyl groups is 1. The lowest BCUT2D eigenvalue weighted by atomic mass is 10.0. The summed E-state index contributed by atoms with van der Waals surface area (Å²) in [6.45, 7) is 0. The zero-order chi connectivity index (χ0) is 13.7. The van der Waals surface area contributed by atoms with Gasteiger partial charge in [0.1, 0.15) is 5.75 Å². The molecule has 0 fully saturated rings. The van der Waals surface area contributed by atoms with Crippen LogP contribution in [0.3, 0.4) is 0 Å². The lowest BCUT2D eigenvalue weighted by molar-refractivity contribution is 0.0600. The minimum absolute atomic E-state index is 0.284. The maximum atomic E-state index is 11.3. The number of hydrogen-bond acceptors (Lipinski definition) is 3. The average Bonchev–Trinajstić information content (AvgIpc) is 2.46. The Morgan fingerprint density at radius 3 is 1.89 bits per heavy atom. The number of ether oxygens (including phenoxy) is 1. The highest BCUT2D eigenvalue weighted by molar-refractivity contribution is 5.89. The zero-order valence-corrected chi connectivity index (χ0v) is 10.8. The van der Waals surface area contributed by atoms with E-state index in [-0.39, 0.29) is 11.7 Å². The van der Waals surface area contributed by atoms with Crippen LogP contribution in [0.15, 0.2) is 48.5 Å². The van der Waals surface area contributed by atoms with Crippen molar-refractivity contribution in [3.05, 3.63) is 65.2 Å². The molecule has 0 unspecified atom stereocenters. The first kappa shape index (κ1) is 13.1. The predicted molar refractivity (Wildman–Crippen MR) is 73.3 cm³/mol. The summed E-state index contributed by atoms with van der Waals surface area (Å²) < 4.78 is 4.65. The molecule has 19 heavy (non-hydrogen) atoms. The van der Waals surface area contributed by atoms with Gasteiger partial charge in [-0.3, -0.25) is 0 Å². The molecule has 0 saturated carbocycles. The fraction of sp³-hybridized carbons (Fsp3) is 0.188. The number of rotatable bonds is 4. The number of benzene rings is 2. The quantitative estimate of drug-likeness (QED) is 0.855. The number of phenols is 1. The maximum absolute atomic E-state index is 11.3. The molecule has 1 N–H and O–H groups in total. The Labute approximate surface area is 112 Å². The third kappa shape index (κ3) is 3.58. The number of hydrogen-bond donors (Lipinski definition) is 1. The van der Waals surface area contributed by atoms with Gasteiger partial charge < -0.3 is 9.84 Å². The second-order valence-electron chi connectivity index (χ2n) is 4.35. The summed E-state index contributed by atoms with van der Waals surface area (Å²) in [4.78, 5) is 11.3. The Morgan fingerprint density at radius 1 is 0.947 bits per heavy atom. The minimum atomic E-state index is -0.315. The first-order valence-electron chi connectivity index (χ1n) is 6.14. The van der Waals surface area contributed by atoms with E-state index in [1.165, 1.54) is 18.2 Å². The van der Waals surface area contributed by atoms with Crippen molar-refractivity contribution in [2.75, 3.05) is 7.11 Å². The van der Waals surface area contributed by atoms with E-state index in [9.17, 15) is 9.90 Å². The van der Waals surface area contributed by atoms with Gasteiger partial charge in [0.15, 0.2) is 0 Å². The van der Waals surface area contributed by atoms with Gasteiger partial charge in [-0.05, 0) is 48.2 Å². The van der Waals surface area contributed by atoms with E-state index in [1.807, 2.05) is 24.3 Å². The van der Waals surface area contributed by atoms with Crippen molar-refractivity contribution in [2.45, 2.75) is 12.8 Å². The van der Waals surface area contributed by atoms with Crippen LogP contribution in [0.1, 0.15) is 21.5 Å². The molecule has 0 aliphatic heterocycles. The van der Waals surface area contributed by atoms with Gasteiger partial charge in [0.25, 0.3) is 0 Å². The van der Waals surface area contributed by atoms with E-state index in [1.54, 1.807) is 24.3 Å². The molecule has 0 aliphatic rings. The Hall–Kier alpha value is -2.29. The zero-order valence-electron chi connectivity index (χ0n) is 10.8. The van der Waals surface area contributed by atoms with Crippen molar-refractivity contribution < 1.29 is 14.6 Å². The highest BCUT2D eigenvalue weighted by Gasteiger charge is 2.04. The van der Waals surface area contributed by atoms with Crippen molar-refractivity contribution >= 4 is 5.97 Å². The van der Waals surface area contributed by atoms with E-state index < -0.39 is 0 Å². The number of esters is 1. The van der Waals surface area contributed by atoms with Crippen LogP contribution in [0, 0.1) is 0 Å². The van der Waals surface area contributed by atoms with Crippen molar-refractivity contribution in [2.24, 2.45) is 0 Å². The summed E-state index contributed by atoms with van der Waals surface area (Å²) in [6, 6.07) is 14.6. The lowest BCUT2D eigenvalue weighted by Gasteiger charge is -2.04. The van der Waals surface area contributed by atoms with Crippen LogP contribution >= 0.6 is 0 Å². The summed E-state index contributed by atoms with van der Waals surface area (Å²) in [5.74, 6) is -0.0312. The molecular weight excluding hydrogens is 240 g/mol. The van der Waals surface area contributed by atoms with Crippen LogP contribution < -0.4 is 0 Å². The summed E-state index contributed by atoms with van der Waals surface area (Å²) >= 11 is 0. The molecule has 0 atom stereocenters. The highest BCUT2D eigenvalue weighted by Crippen LogP contribution is 2.13. The van der Waals surface area contributed by atoms with E-state index in [2.05, 4.69) is 4.74 Å². The van der Waals surface area contributed by atoms with E-state index in [4.69, 9.17) is 0 Å². The first-order chi connectivity index (χ1) is 9.19. The van der Waals surface area contributed by atoms with Crippen LogP contribution in [0.5, 0.6) is 5.75 Å². The van der Waals surface area contributed by atoms with Crippen LogP contribution in [0.2, 0.25) is 0 Å². The third-order valence-corrected chi connectivity index (χ3v) is 3.01. The summed E-state index contributed by atoms with van der Waals surface area (Å²) in [5, 5.41) is 9.20. The van der Waals surface area contributed by atoms with Crippen LogP contribution in [0.25, 0.3) is 0 Å². The van der Waals surface area contributed by atoms with Crippen molar-refractivity contribution in [3.63, 3.8) is 0 Å². The Morgan fingerprint density at radius 2 is 1.42 bits per heavy atom. The molecule has 0 saturated heterocycles. The molecule has 0 heterocycles. The van der Waals surface area contributed by atoms with Crippen molar-refractivity contribution in [1.82, 2.24) is 0 Å². The Balaban J connectivity index is 1.96. The molecular formula is C16H16O3. The summed E-state index contributed by atoms with van der Waals surface area (Å²) in [6.07, 6.45) is 1.80. The van der Waals surface area contributed by atoms with Gasteiger partial charge >= 0.3 is 5.97 Å². The molecule has 3 heteroatoms. The molecule has 0 spiro atoms. The fourth-order valence-electron chi connectivity index (χ4n) is 1.88. The minimum Gasteiger partial charge on any atom is -0.508 e. The largest absolute Gasteiger partial charge is 0.508 e. The highest BCUT2D eigenvalue weighted by atomic mass is 16.5. The number of carbonyl (C=O) groups excluding carboxylic acids is 1. The van der Waals surface area contributed by atoms with Crippen LogP contribution in [-0.2, 0) is 17.6 Å². The van der Waals surface area contributed by atoms with Crippen LogP contribution in [0.4, 0.5) is 0 Å². The number of aryl methyl sites for hydroxylation is 2. The standard InChI is InChI=1S/C16H16O3/c1-19-16(18)14-8-4-12(5-9-14)2-3-13-6-10-15(17)11-7-13/h4-11,17H,2-3H2,1H3. The van der Waals surface area contributed by atoms with Gasteiger partial charge in [-0.2, -0.15) is 0 Å². The number of methoxy groups -OCH3 is 1.